The van der Waals surface area contributed by atoms with Gasteiger partial charge < -0.3 is 10.2 Å². The first-order valence-electron chi connectivity index (χ1n) is 3.56. The van der Waals surface area contributed by atoms with Crippen molar-refractivity contribution in [1.82, 2.24) is 0 Å². The Bertz CT molecular complexity index is 320. The summed E-state index contributed by atoms with van der Waals surface area (Å²) in [5.74, 6) is -3.70. The van der Waals surface area contributed by atoms with Crippen molar-refractivity contribution in [3.63, 3.8) is 0 Å². The van der Waals surface area contributed by atoms with Gasteiger partial charge in [-0.1, -0.05) is 0 Å². The van der Waals surface area contributed by atoms with Gasteiger partial charge in [0.1, 0.15) is 0 Å². The predicted molar refractivity (Wildman–Crippen MR) is 48.4 cm³/mol. The summed E-state index contributed by atoms with van der Waals surface area (Å²) < 4.78 is 0. The number of carboxylic acids is 2. The molecule has 110 valence electrons. The van der Waals surface area contributed by atoms with Gasteiger partial charge in [0.2, 0.25) is 0 Å². The minimum atomic E-state index is -2.37. The molecule has 0 bridgehead atoms. The van der Waals surface area contributed by atoms with Gasteiger partial charge in [0, 0.05) is 31.4 Å². The van der Waals surface area contributed by atoms with E-state index < -0.39 is 34.1 Å². The molecule has 0 fully saturated rings. The molecule has 0 aromatic carbocycles. The molecular weight excluding hydrogens is 459 g/mol. The smallest absolute Gasteiger partial charge is 0.433 e. The van der Waals surface area contributed by atoms with Crippen LogP contribution < -0.4 is 0 Å². The first kappa shape index (κ1) is 21.9. The van der Waals surface area contributed by atoms with E-state index in [2.05, 4.69) is 0 Å². The zero-order valence-electron chi connectivity index (χ0n) is 8.42. The second-order valence-electron chi connectivity index (χ2n) is 2.21. The van der Waals surface area contributed by atoms with Crippen LogP contribution in [-0.4, -0.2) is 44.3 Å². The number of hydrogen-bond acceptors (Lipinski definition) is 10. The Morgan fingerprint density at radius 3 is 1.11 bits per heavy atom. The Morgan fingerprint density at radius 2 is 1.11 bits per heavy atom. The molecule has 0 aliphatic heterocycles. The van der Waals surface area contributed by atoms with Gasteiger partial charge in [0.05, 0.1) is 9.85 Å². The Hall–Kier alpha value is -2.37. The summed E-state index contributed by atoms with van der Waals surface area (Å²) in [6.07, 6.45) is -4.74. The fraction of sp³-hybridized carbons (Fsp3) is 0.500. The molecule has 0 amide bonds. The largest absolute Gasteiger partial charge is 0.475 e. The quantitative estimate of drug-likeness (QED) is 0.274. The van der Waals surface area contributed by atoms with E-state index in [1.807, 2.05) is 0 Å². The van der Waals surface area contributed by atoms with Crippen molar-refractivity contribution in [2.45, 2.75) is 12.3 Å². The van der Waals surface area contributed by atoms with E-state index in [4.69, 9.17) is 10.2 Å². The summed E-state index contributed by atoms with van der Waals surface area (Å²) in [4.78, 5) is 54.3. The molecule has 0 aliphatic carbocycles. The van der Waals surface area contributed by atoms with Crippen LogP contribution in [0.25, 0.3) is 0 Å². The number of nitro groups is 2. The number of nitroso groups, excluding NO2 is 2. The van der Waals surface area contributed by atoms with Crippen LogP contribution in [0.15, 0.2) is 10.4 Å². The molecule has 0 heterocycles. The summed E-state index contributed by atoms with van der Waals surface area (Å²) >= 11 is 0. The molecule has 0 spiro atoms. The zero-order valence-corrected chi connectivity index (χ0v) is 10.7. The maximum atomic E-state index is 9.64. The molecule has 19 heavy (non-hydrogen) atoms. The Kier molecular flexibility index (Phi) is 12.4. The van der Waals surface area contributed by atoms with Crippen molar-refractivity contribution in [1.29, 1.82) is 0 Å². The number of hydrogen-bond donors (Lipinski definition) is 2. The van der Waals surface area contributed by atoms with Crippen molar-refractivity contribution >= 4 is 11.9 Å². The average Bonchev–Trinajstić information content (AvgIpc) is 2.17. The van der Waals surface area contributed by atoms with E-state index in [-0.39, 0.29) is 21.1 Å². The Labute approximate surface area is 116 Å². The van der Waals surface area contributed by atoms with Crippen LogP contribution >= 0.6 is 0 Å². The van der Waals surface area contributed by atoms with Gasteiger partial charge >= 0.3 is 24.3 Å². The normalized spacial score (nSPS) is 11.4. The molecule has 0 saturated heterocycles. The molecule has 0 radical (unpaired) electrons. The predicted octanol–water partition coefficient (Wildman–Crippen LogP) is -1.12. The average molecular weight is 463 g/mol. The van der Waals surface area contributed by atoms with E-state index in [1.165, 1.54) is 0 Å². The molecule has 2 N–H and O–H groups in total. The van der Waals surface area contributed by atoms with Crippen LogP contribution in [0.5, 0.6) is 0 Å². The number of aliphatic carboxylic acids is 2. The number of carbonyl (C=O) groups is 2. The molecule has 0 rings (SSSR count). The van der Waals surface area contributed by atoms with Crippen LogP contribution in [0.2, 0.25) is 0 Å². The van der Waals surface area contributed by atoms with Crippen molar-refractivity contribution in [3.05, 3.63) is 30.0 Å². The maximum absolute atomic E-state index is 9.64. The molecule has 0 aliphatic rings. The molecule has 14 nitrogen and oxygen atoms in total. The van der Waals surface area contributed by atoms with Gasteiger partial charge in [0.25, 0.3) is 0 Å². The topological polar surface area (TPSA) is 220 Å². The summed E-state index contributed by atoms with van der Waals surface area (Å²) in [5.41, 5.74) is 0. The summed E-state index contributed by atoms with van der Waals surface area (Å²) in [6, 6.07) is 0. The SMILES string of the molecule is O=NC(C(=O)O)[N+](=O)[O-].O=NC(C(=O)O)[N+](=O)[O-].[Pt]. The first-order chi connectivity index (χ1) is 8.18. The van der Waals surface area contributed by atoms with Crippen molar-refractivity contribution in [3.8, 4) is 0 Å². The first-order valence-corrected chi connectivity index (χ1v) is 3.56. The van der Waals surface area contributed by atoms with Crippen molar-refractivity contribution < 1.29 is 50.7 Å². The Balaban J connectivity index is -0.000000256. The molecule has 2 atom stereocenters. The van der Waals surface area contributed by atoms with Gasteiger partial charge in [-0.15, -0.1) is 9.81 Å². The molecule has 15 heteroatoms. The van der Waals surface area contributed by atoms with Crippen LogP contribution in [0, 0.1) is 30.0 Å². The third kappa shape index (κ3) is 9.34. The van der Waals surface area contributed by atoms with Gasteiger partial charge in [-0.05, 0) is 0 Å². The summed E-state index contributed by atoms with van der Waals surface area (Å²) in [7, 11) is 0. The van der Waals surface area contributed by atoms with Crippen LogP contribution in [0.4, 0.5) is 0 Å². The zero-order chi connectivity index (χ0) is 14.9. The van der Waals surface area contributed by atoms with Crippen LogP contribution in [0.3, 0.4) is 0 Å². The second-order valence-corrected chi connectivity index (χ2v) is 2.21. The fourth-order valence-corrected chi connectivity index (χ4v) is 0.348. The fourth-order valence-electron chi connectivity index (χ4n) is 0.348. The molecule has 0 saturated carbocycles. The third-order valence-corrected chi connectivity index (χ3v) is 1.04. The maximum Gasteiger partial charge on any atom is 0.433 e. The Morgan fingerprint density at radius 1 is 0.895 bits per heavy atom. The van der Waals surface area contributed by atoms with Gasteiger partial charge in [-0.25, -0.2) is 9.59 Å². The molecular formula is C4H4N4O10Pt. The minimum Gasteiger partial charge on any atom is -0.475 e. The standard InChI is InChI=1S/2C2H2N2O5.Pt/c2*5-2(6)1(3-7)4(8)9;/h2*1H,(H,5,6);. The van der Waals surface area contributed by atoms with Gasteiger partial charge in [-0.3, -0.25) is 20.2 Å². The summed E-state index contributed by atoms with van der Waals surface area (Å²) in [6.45, 7) is 0. The minimum absolute atomic E-state index is 0. The molecule has 0 aromatic heterocycles. The van der Waals surface area contributed by atoms with E-state index in [1.54, 1.807) is 10.4 Å². The number of nitrogens with zero attached hydrogens (tertiary/aromatic N) is 4. The second kappa shape index (κ2) is 10.8. The van der Waals surface area contributed by atoms with Gasteiger partial charge in [-0.2, -0.15) is 0 Å². The number of carboxylic acid groups (broad SMARTS) is 2. The third-order valence-electron chi connectivity index (χ3n) is 1.04. The number of rotatable bonds is 6. The molecule has 2 unspecified atom stereocenters. The van der Waals surface area contributed by atoms with Crippen LogP contribution in [-0.2, 0) is 30.7 Å². The summed E-state index contributed by atoms with van der Waals surface area (Å²) in [5, 5.41) is 38.1. The monoisotopic (exact) mass is 463 g/mol. The van der Waals surface area contributed by atoms with Crippen LogP contribution in [0.1, 0.15) is 0 Å². The van der Waals surface area contributed by atoms with Gasteiger partial charge in [0.15, 0.2) is 0 Å². The van der Waals surface area contributed by atoms with Crippen molar-refractivity contribution in [2.24, 2.45) is 10.4 Å². The van der Waals surface area contributed by atoms with E-state index in [9.17, 15) is 39.6 Å². The van der Waals surface area contributed by atoms with E-state index in [0.29, 0.717) is 0 Å². The van der Waals surface area contributed by atoms with E-state index >= 15 is 0 Å². The van der Waals surface area contributed by atoms with Crippen molar-refractivity contribution in [2.75, 3.05) is 0 Å². The molecule has 0 aromatic rings. The van der Waals surface area contributed by atoms with E-state index in [0.717, 1.165) is 0 Å².